The van der Waals surface area contributed by atoms with Gasteiger partial charge in [-0.2, -0.15) is 0 Å². The van der Waals surface area contributed by atoms with Gasteiger partial charge < -0.3 is 0 Å². The van der Waals surface area contributed by atoms with Crippen LogP contribution in [0.2, 0.25) is 0 Å². The van der Waals surface area contributed by atoms with Gasteiger partial charge in [0.25, 0.3) is 0 Å². The molecule has 0 radical (unpaired) electrons. The average Bonchev–Trinajstić information content (AvgIpc) is 2.48. The van der Waals surface area contributed by atoms with Crippen LogP contribution in [0.15, 0.2) is 47.6 Å². The molecule has 1 aromatic carbocycles. The zero-order valence-electron chi connectivity index (χ0n) is 11.6. The van der Waals surface area contributed by atoms with Crippen LogP contribution in [0, 0.1) is 0 Å². The smallest absolute Gasteiger partial charge is 0.269 e. The number of aliphatic imine (C=N–C) groups is 1. The summed E-state index contributed by atoms with van der Waals surface area (Å²) >= 11 is 0. The Morgan fingerprint density at radius 2 is 2.11 bits per heavy atom. The van der Waals surface area contributed by atoms with Crippen molar-refractivity contribution in [1.29, 1.82) is 0 Å². The van der Waals surface area contributed by atoms with Gasteiger partial charge in [-0.3, -0.25) is 4.99 Å². The molecule has 19 heavy (non-hydrogen) atoms. The first-order valence-corrected chi connectivity index (χ1v) is 8.17. The van der Waals surface area contributed by atoms with Gasteiger partial charge in [0.15, 0.2) is 10.8 Å². The summed E-state index contributed by atoms with van der Waals surface area (Å²) in [6.07, 6.45) is 8.25. The van der Waals surface area contributed by atoms with Crippen molar-refractivity contribution >= 4 is 14.0 Å². The van der Waals surface area contributed by atoms with Gasteiger partial charge in [-0.05, 0) is 25.0 Å². The molecule has 0 N–H and O–H groups in total. The minimum atomic E-state index is -1.30. The van der Waals surface area contributed by atoms with E-state index in [4.69, 9.17) is 0 Å². The molecule has 100 valence electrons. The maximum atomic E-state index is 12.9. The molecule has 0 bridgehead atoms. The lowest BCUT2D eigenvalue weighted by molar-refractivity contribution is 0.522. The van der Waals surface area contributed by atoms with Crippen LogP contribution in [-0.4, -0.2) is 17.0 Å². The maximum absolute atomic E-state index is 12.9. The molecule has 0 saturated carbocycles. The van der Waals surface area contributed by atoms with E-state index < -0.39 is 7.80 Å². The van der Waals surface area contributed by atoms with E-state index in [1.165, 1.54) is 5.56 Å². The fourth-order valence-electron chi connectivity index (χ4n) is 2.43. The number of hydrogen-bond acceptors (Lipinski definition) is 2. The van der Waals surface area contributed by atoms with Crippen LogP contribution in [0.5, 0.6) is 0 Å². The molecule has 1 aromatic rings. The fourth-order valence-corrected chi connectivity index (χ4v) is 4.40. The Labute approximate surface area is 116 Å². The standard InChI is InChI=1S/C16H21NOP/c1-3-16(2,13-14-7-5-4-6-8-14)19(18)15-9-11-17-12-10-15/h4-9,11-12,15H,3,10,13H2,1-2H3/q+1. The summed E-state index contributed by atoms with van der Waals surface area (Å²) in [5, 5.41) is -0.142. The summed E-state index contributed by atoms with van der Waals surface area (Å²) in [5.41, 5.74) is 1.41. The number of hydrogen-bond donors (Lipinski definition) is 0. The Morgan fingerprint density at radius 3 is 2.68 bits per heavy atom. The number of allylic oxidation sites excluding steroid dienone is 1. The summed E-state index contributed by atoms with van der Waals surface area (Å²) < 4.78 is 12.9. The van der Waals surface area contributed by atoms with Crippen molar-refractivity contribution in [1.82, 2.24) is 0 Å². The first-order chi connectivity index (χ1) is 9.15. The van der Waals surface area contributed by atoms with Crippen LogP contribution in [0.25, 0.3) is 0 Å². The molecule has 0 spiro atoms. The summed E-state index contributed by atoms with van der Waals surface area (Å²) in [7, 11) is -1.30. The van der Waals surface area contributed by atoms with E-state index in [9.17, 15) is 4.57 Å². The highest BCUT2D eigenvalue weighted by atomic mass is 31.1. The highest BCUT2D eigenvalue weighted by Gasteiger charge is 2.46. The van der Waals surface area contributed by atoms with Crippen LogP contribution in [0.3, 0.4) is 0 Å². The van der Waals surface area contributed by atoms with E-state index in [1.54, 1.807) is 6.20 Å². The molecule has 0 aliphatic carbocycles. The second kappa shape index (κ2) is 6.25. The topological polar surface area (TPSA) is 29.4 Å². The first kappa shape index (κ1) is 14.1. The zero-order valence-corrected chi connectivity index (χ0v) is 12.5. The minimum Gasteiger partial charge on any atom is -0.269 e. The quantitative estimate of drug-likeness (QED) is 0.722. The van der Waals surface area contributed by atoms with E-state index >= 15 is 0 Å². The fraction of sp³-hybridized carbons (Fsp3) is 0.438. The summed E-state index contributed by atoms with van der Waals surface area (Å²) in [5.74, 6) is 0. The molecule has 0 amide bonds. The molecule has 0 fully saturated rings. The molecule has 3 heteroatoms. The normalized spacial score (nSPS) is 22.0. The van der Waals surface area contributed by atoms with Crippen molar-refractivity contribution in [3.63, 3.8) is 0 Å². The monoisotopic (exact) mass is 274 g/mol. The van der Waals surface area contributed by atoms with Gasteiger partial charge in [-0.1, -0.05) is 41.8 Å². The van der Waals surface area contributed by atoms with E-state index in [0.717, 1.165) is 19.3 Å². The Kier molecular flexibility index (Phi) is 4.66. The maximum Gasteiger partial charge on any atom is 0.352 e. The Hall–Kier alpha value is -1.27. The lowest BCUT2D eigenvalue weighted by atomic mass is 9.98. The highest BCUT2D eigenvalue weighted by Crippen LogP contribution is 2.49. The summed E-state index contributed by atoms with van der Waals surface area (Å²) in [6.45, 7) is 4.29. The van der Waals surface area contributed by atoms with E-state index in [0.29, 0.717) is 0 Å². The second-order valence-electron chi connectivity index (χ2n) is 5.31. The van der Waals surface area contributed by atoms with Gasteiger partial charge in [0.2, 0.25) is 0 Å². The molecule has 3 atom stereocenters. The van der Waals surface area contributed by atoms with Crippen LogP contribution < -0.4 is 0 Å². The van der Waals surface area contributed by atoms with Crippen molar-refractivity contribution < 1.29 is 4.57 Å². The van der Waals surface area contributed by atoms with Crippen molar-refractivity contribution in [2.45, 2.75) is 43.9 Å². The predicted molar refractivity (Wildman–Crippen MR) is 82.5 cm³/mol. The van der Waals surface area contributed by atoms with Gasteiger partial charge in [-0.25, -0.2) is 0 Å². The average molecular weight is 274 g/mol. The number of nitrogens with zero attached hydrogens (tertiary/aromatic N) is 1. The molecule has 0 saturated heterocycles. The molecular weight excluding hydrogens is 253 g/mol. The van der Waals surface area contributed by atoms with Crippen LogP contribution in [0.1, 0.15) is 32.3 Å². The number of benzene rings is 1. The SMILES string of the molecule is CCC(C)(Cc1ccccc1)[P+](=O)C1C=CN=CC1. The van der Waals surface area contributed by atoms with E-state index in [1.807, 2.05) is 30.5 Å². The molecule has 0 aromatic heterocycles. The van der Waals surface area contributed by atoms with E-state index in [2.05, 4.69) is 31.0 Å². The molecule has 1 aliphatic rings. The van der Waals surface area contributed by atoms with Gasteiger partial charge in [0.05, 0.1) is 0 Å². The Bertz CT molecular complexity index is 495. The molecule has 1 aliphatic heterocycles. The molecular formula is C16H21NOP+. The van der Waals surface area contributed by atoms with Crippen molar-refractivity contribution in [3.05, 3.63) is 48.2 Å². The van der Waals surface area contributed by atoms with Gasteiger partial charge in [-0.15, -0.1) is 0 Å². The van der Waals surface area contributed by atoms with Crippen LogP contribution in [-0.2, 0) is 11.0 Å². The predicted octanol–water partition coefficient (Wildman–Crippen LogP) is 4.58. The third-order valence-corrected chi connectivity index (χ3v) is 6.39. The molecule has 3 unspecified atom stereocenters. The second-order valence-corrected chi connectivity index (χ2v) is 7.71. The van der Waals surface area contributed by atoms with Crippen molar-refractivity contribution in [2.75, 3.05) is 0 Å². The largest absolute Gasteiger partial charge is 0.352 e. The lowest BCUT2D eigenvalue weighted by Crippen LogP contribution is -2.26. The van der Waals surface area contributed by atoms with Crippen LogP contribution in [0.4, 0.5) is 0 Å². The van der Waals surface area contributed by atoms with Gasteiger partial charge >= 0.3 is 7.80 Å². The third-order valence-electron chi connectivity index (χ3n) is 3.87. The molecule has 2 rings (SSSR count). The first-order valence-electron chi connectivity index (χ1n) is 6.84. The highest BCUT2D eigenvalue weighted by molar-refractivity contribution is 7.47. The lowest BCUT2D eigenvalue weighted by Gasteiger charge is -2.20. The van der Waals surface area contributed by atoms with Gasteiger partial charge in [0, 0.05) is 25.3 Å². The van der Waals surface area contributed by atoms with E-state index in [-0.39, 0.29) is 10.8 Å². The Balaban J connectivity index is 2.15. The minimum absolute atomic E-state index is 0.140. The van der Waals surface area contributed by atoms with Crippen LogP contribution >= 0.6 is 7.80 Å². The third kappa shape index (κ3) is 3.39. The summed E-state index contributed by atoms with van der Waals surface area (Å²) in [4.78, 5) is 4.07. The zero-order chi connectivity index (χ0) is 13.7. The van der Waals surface area contributed by atoms with Crippen molar-refractivity contribution in [2.24, 2.45) is 4.99 Å². The number of rotatable bonds is 5. The summed E-state index contributed by atoms with van der Waals surface area (Å²) in [6, 6.07) is 10.4. The molecule has 2 nitrogen and oxygen atoms in total. The van der Waals surface area contributed by atoms with Crippen molar-refractivity contribution in [3.8, 4) is 0 Å². The molecule has 1 heterocycles. The Morgan fingerprint density at radius 1 is 1.37 bits per heavy atom. The van der Waals surface area contributed by atoms with Gasteiger partial charge in [0.1, 0.15) is 0 Å².